The zero-order chi connectivity index (χ0) is 10.8. The number of aromatic nitrogens is 3. The second-order valence-corrected chi connectivity index (χ2v) is 3.93. The Bertz CT molecular complexity index is 469. The average molecular weight is 269 g/mol. The molecule has 2 N–H and O–H groups in total. The third kappa shape index (κ3) is 2.05. The predicted octanol–water partition coefficient (Wildman–Crippen LogP) is 1.91. The molecule has 78 valence electrons. The van der Waals surface area contributed by atoms with E-state index >= 15 is 0 Å². The van der Waals surface area contributed by atoms with Crippen molar-refractivity contribution in [2.45, 2.75) is 13.0 Å². The molecule has 0 aliphatic rings. The van der Waals surface area contributed by atoms with Crippen LogP contribution in [0.4, 0.5) is 0 Å². The molecule has 2 rings (SSSR count). The molecular formula is C9H9BrN4O. The van der Waals surface area contributed by atoms with Gasteiger partial charge in [-0.05, 0) is 35.0 Å². The Hall–Kier alpha value is -1.27. The molecule has 2 aromatic heterocycles. The third-order valence-corrected chi connectivity index (χ3v) is 2.44. The van der Waals surface area contributed by atoms with E-state index < -0.39 is 0 Å². The summed E-state index contributed by atoms with van der Waals surface area (Å²) in [6, 6.07) is 3.42. The number of hydrogen-bond donors (Lipinski definition) is 1. The monoisotopic (exact) mass is 268 g/mol. The van der Waals surface area contributed by atoms with Gasteiger partial charge < -0.3 is 10.3 Å². The van der Waals surface area contributed by atoms with Gasteiger partial charge in [0.05, 0.1) is 6.04 Å². The SMILES string of the molecule is CC(N)c1nc(-c2ncccc2Br)no1. The van der Waals surface area contributed by atoms with Gasteiger partial charge in [-0.25, -0.2) is 0 Å². The van der Waals surface area contributed by atoms with Crippen molar-refractivity contribution < 1.29 is 4.52 Å². The number of nitrogens with two attached hydrogens (primary N) is 1. The fourth-order valence-corrected chi connectivity index (χ4v) is 1.50. The van der Waals surface area contributed by atoms with Crippen molar-refractivity contribution in [3.8, 4) is 11.5 Å². The Morgan fingerprint density at radius 1 is 1.53 bits per heavy atom. The topological polar surface area (TPSA) is 77.8 Å². The Morgan fingerprint density at radius 3 is 2.93 bits per heavy atom. The third-order valence-electron chi connectivity index (χ3n) is 1.80. The van der Waals surface area contributed by atoms with Gasteiger partial charge in [0, 0.05) is 10.7 Å². The molecule has 0 fully saturated rings. The van der Waals surface area contributed by atoms with Gasteiger partial charge in [0.2, 0.25) is 11.7 Å². The van der Waals surface area contributed by atoms with E-state index in [9.17, 15) is 0 Å². The molecule has 5 nitrogen and oxygen atoms in total. The number of pyridine rings is 1. The van der Waals surface area contributed by atoms with Gasteiger partial charge in [0.15, 0.2) is 0 Å². The normalized spacial score (nSPS) is 12.7. The van der Waals surface area contributed by atoms with Gasteiger partial charge in [-0.1, -0.05) is 5.16 Å². The van der Waals surface area contributed by atoms with Crippen LogP contribution in [0, 0.1) is 0 Å². The Balaban J connectivity index is 2.42. The van der Waals surface area contributed by atoms with Crippen molar-refractivity contribution in [3.05, 3.63) is 28.7 Å². The zero-order valence-electron chi connectivity index (χ0n) is 8.01. The maximum Gasteiger partial charge on any atom is 0.243 e. The van der Waals surface area contributed by atoms with Crippen LogP contribution in [0.2, 0.25) is 0 Å². The van der Waals surface area contributed by atoms with Crippen LogP contribution < -0.4 is 5.73 Å². The summed E-state index contributed by atoms with van der Waals surface area (Å²) in [4.78, 5) is 8.29. The first kappa shape index (κ1) is 10.3. The summed E-state index contributed by atoms with van der Waals surface area (Å²) in [5.74, 6) is 0.845. The van der Waals surface area contributed by atoms with Crippen molar-refractivity contribution in [1.29, 1.82) is 0 Å². The molecule has 0 aromatic carbocycles. The second-order valence-electron chi connectivity index (χ2n) is 3.08. The lowest BCUT2D eigenvalue weighted by Crippen LogP contribution is -2.04. The first-order valence-corrected chi connectivity index (χ1v) is 5.18. The molecule has 0 spiro atoms. The van der Waals surface area contributed by atoms with Gasteiger partial charge in [0.1, 0.15) is 5.69 Å². The van der Waals surface area contributed by atoms with Crippen LogP contribution in [0.5, 0.6) is 0 Å². The van der Waals surface area contributed by atoms with E-state index in [0.29, 0.717) is 17.4 Å². The highest BCUT2D eigenvalue weighted by atomic mass is 79.9. The lowest BCUT2D eigenvalue weighted by Gasteiger charge is -1.96. The van der Waals surface area contributed by atoms with Gasteiger partial charge in [-0.3, -0.25) is 4.98 Å². The molecule has 2 heterocycles. The molecule has 6 heteroatoms. The van der Waals surface area contributed by atoms with E-state index in [-0.39, 0.29) is 6.04 Å². The fourth-order valence-electron chi connectivity index (χ4n) is 1.07. The molecular weight excluding hydrogens is 260 g/mol. The summed E-state index contributed by atoms with van der Waals surface area (Å²) >= 11 is 3.36. The molecule has 1 atom stereocenters. The van der Waals surface area contributed by atoms with Crippen molar-refractivity contribution in [3.63, 3.8) is 0 Å². The molecule has 2 aromatic rings. The quantitative estimate of drug-likeness (QED) is 0.901. The molecule has 1 unspecified atom stereocenters. The molecule has 0 bridgehead atoms. The fraction of sp³-hybridized carbons (Fsp3) is 0.222. The standard InChI is InChI=1S/C9H9BrN4O/c1-5(11)9-13-8(14-15-9)7-6(10)3-2-4-12-7/h2-5H,11H2,1H3. The average Bonchev–Trinajstić information content (AvgIpc) is 2.67. The maximum atomic E-state index is 5.61. The molecule has 0 aliphatic heterocycles. The second kappa shape index (κ2) is 4.08. The maximum absolute atomic E-state index is 5.61. The van der Waals surface area contributed by atoms with E-state index in [2.05, 4.69) is 31.1 Å². The highest BCUT2D eigenvalue weighted by molar-refractivity contribution is 9.10. The van der Waals surface area contributed by atoms with Crippen LogP contribution in [0.25, 0.3) is 11.5 Å². The first-order valence-electron chi connectivity index (χ1n) is 4.38. The van der Waals surface area contributed by atoms with E-state index in [1.54, 1.807) is 13.1 Å². The van der Waals surface area contributed by atoms with Crippen LogP contribution >= 0.6 is 15.9 Å². The van der Waals surface area contributed by atoms with Crippen molar-refractivity contribution in [2.75, 3.05) is 0 Å². The Kier molecular flexibility index (Phi) is 2.79. The Labute approximate surface area is 94.8 Å². The van der Waals surface area contributed by atoms with Crippen LogP contribution in [0.15, 0.2) is 27.3 Å². The summed E-state index contributed by atoms with van der Waals surface area (Å²) < 4.78 is 5.81. The highest BCUT2D eigenvalue weighted by Gasteiger charge is 2.14. The largest absolute Gasteiger partial charge is 0.337 e. The molecule has 0 radical (unpaired) electrons. The van der Waals surface area contributed by atoms with Crippen LogP contribution in [0.3, 0.4) is 0 Å². The summed E-state index contributed by atoms with van der Waals surface area (Å²) in [7, 11) is 0. The van der Waals surface area contributed by atoms with Gasteiger partial charge in [-0.2, -0.15) is 4.98 Å². The molecule has 15 heavy (non-hydrogen) atoms. The van der Waals surface area contributed by atoms with Crippen LogP contribution in [-0.2, 0) is 0 Å². The van der Waals surface area contributed by atoms with Gasteiger partial charge in [0.25, 0.3) is 0 Å². The molecule has 0 saturated heterocycles. The summed E-state index contributed by atoms with van der Waals surface area (Å²) in [6.07, 6.45) is 1.67. The number of rotatable bonds is 2. The van der Waals surface area contributed by atoms with Crippen molar-refractivity contribution >= 4 is 15.9 Å². The zero-order valence-corrected chi connectivity index (χ0v) is 9.60. The van der Waals surface area contributed by atoms with E-state index in [0.717, 1.165) is 4.47 Å². The van der Waals surface area contributed by atoms with E-state index in [1.807, 2.05) is 12.1 Å². The number of nitrogens with zero attached hydrogens (tertiary/aromatic N) is 3. The minimum atomic E-state index is -0.270. The van der Waals surface area contributed by atoms with Crippen LogP contribution in [0.1, 0.15) is 18.9 Å². The number of halogens is 1. The summed E-state index contributed by atoms with van der Waals surface area (Å²) in [6.45, 7) is 1.78. The van der Waals surface area contributed by atoms with E-state index in [4.69, 9.17) is 10.3 Å². The lowest BCUT2D eigenvalue weighted by molar-refractivity contribution is 0.362. The van der Waals surface area contributed by atoms with Crippen molar-refractivity contribution in [1.82, 2.24) is 15.1 Å². The first-order chi connectivity index (χ1) is 7.18. The summed E-state index contributed by atoms with van der Waals surface area (Å²) in [5, 5.41) is 3.81. The van der Waals surface area contributed by atoms with Gasteiger partial charge >= 0.3 is 0 Å². The minimum Gasteiger partial charge on any atom is -0.337 e. The van der Waals surface area contributed by atoms with Crippen LogP contribution in [-0.4, -0.2) is 15.1 Å². The smallest absolute Gasteiger partial charge is 0.243 e. The predicted molar refractivity (Wildman–Crippen MR) is 57.8 cm³/mol. The van der Waals surface area contributed by atoms with Crippen molar-refractivity contribution in [2.24, 2.45) is 5.73 Å². The minimum absolute atomic E-state index is 0.270. The molecule has 0 amide bonds. The molecule has 0 aliphatic carbocycles. The number of hydrogen-bond acceptors (Lipinski definition) is 5. The van der Waals surface area contributed by atoms with E-state index in [1.165, 1.54) is 0 Å². The van der Waals surface area contributed by atoms with Gasteiger partial charge in [-0.15, -0.1) is 0 Å². The summed E-state index contributed by atoms with van der Waals surface area (Å²) in [5.41, 5.74) is 6.26. The highest BCUT2D eigenvalue weighted by Crippen LogP contribution is 2.23. The Morgan fingerprint density at radius 2 is 2.33 bits per heavy atom. The lowest BCUT2D eigenvalue weighted by atomic mass is 10.3. The molecule has 0 saturated carbocycles.